The normalized spacial score (nSPS) is 15.3. The SMILES string of the molecule is COCP(=O)(NC(C)C(=O)O)Oc1c(C(C)C)cccc1C(C)C. The minimum absolute atomic E-state index is 0.173. The summed E-state index contributed by atoms with van der Waals surface area (Å²) in [6.07, 6.45) is -0.214. The van der Waals surface area contributed by atoms with Crippen LogP contribution in [0.15, 0.2) is 18.2 Å². The van der Waals surface area contributed by atoms with E-state index in [-0.39, 0.29) is 18.2 Å². The van der Waals surface area contributed by atoms with Crippen molar-refractivity contribution in [2.75, 3.05) is 13.5 Å². The molecule has 0 spiro atoms. The van der Waals surface area contributed by atoms with Crippen LogP contribution in [0.3, 0.4) is 0 Å². The van der Waals surface area contributed by atoms with E-state index in [0.29, 0.717) is 5.75 Å². The summed E-state index contributed by atoms with van der Waals surface area (Å²) < 4.78 is 24.0. The van der Waals surface area contributed by atoms with Gasteiger partial charge in [0.1, 0.15) is 18.1 Å². The fraction of sp³-hybridized carbons (Fsp3) is 0.588. The summed E-state index contributed by atoms with van der Waals surface area (Å²) in [5, 5.41) is 11.7. The summed E-state index contributed by atoms with van der Waals surface area (Å²) >= 11 is 0. The number of methoxy groups -OCH3 is 1. The van der Waals surface area contributed by atoms with Crippen molar-refractivity contribution in [3.05, 3.63) is 29.3 Å². The van der Waals surface area contributed by atoms with Crippen LogP contribution < -0.4 is 9.61 Å². The van der Waals surface area contributed by atoms with E-state index in [4.69, 9.17) is 14.4 Å². The number of ether oxygens (including phenoxy) is 1. The number of carboxylic acid groups (broad SMARTS) is 1. The van der Waals surface area contributed by atoms with Crippen molar-refractivity contribution in [1.29, 1.82) is 0 Å². The molecule has 0 bridgehead atoms. The minimum Gasteiger partial charge on any atom is -0.480 e. The van der Waals surface area contributed by atoms with Gasteiger partial charge in [-0.3, -0.25) is 9.36 Å². The largest absolute Gasteiger partial charge is 0.480 e. The molecule has 0 fully saturated rings. The summed E-state index contributed by atoms with van der Waals surface area (Å²) in [4.78, 5) is 11.1. The lowest BCUT2D eigenvalue weighted by molar-refractivity contribution is -0.138. The molecule has 0 aliphatic carbocycles. The number of benzene rings is 1. The lowest BCUT2D eigenvalue weighted by atomic mass is 9.94. The number of rotatable bonds is 9. The van der Waals surface area contributed by atoms with Gasteiger partial charge in [-0.25, -0.2) is 5.09 Å². The quantitative estimate of drug-likeness (QED) is 0.645. The minimum atomic E-state index is -3.54. The van der Waals surface area contributed by atoms with Crippen molar-refractivity contribution in [1.82, 2.24) is 5.09 Å². The van der Waals surface area contributed by atoms with Crippen molar-refractivity contribution in [2.45, 2.75) is 52.5 Å². The Labute approximate surface area is 144 Å². The second kappa shape index (κ2) is 8.65. The fourth-order valence-corrected chi connectivity index (χ4v) is 4.07. The van der Waals surface area contributed by atoms with Crippen LogP contribution in [0.25, 0.3) is 0 Å². The molecular formula is C17H28NO5P. The summed E-state index contributed by atoms with van der Waals surface area (Å²) in [6.45, 7) is 9.54. The predicted octanol–water partition coefficient (Wildman–Crippen LogP) is 4.17. The molecule has 1 rings (SSSR count). The molecule has 2 N–H and O–H groups in total. The van der Waals surface area contributed by atoms with Crippen LogP contribution in [0.2, 0.25) is 0 Å². The molecule has 2 unspecified atom stereocenters. The van der Waals surface area contributed by atoms with Crippen LogP contribution in [0.1, 0.15) is 57.6 Å². The highest BCUT2D eigenvalue weighted by Crippen LogP contribution is 2.48. The number of carbonyl (C=O) groups is 1. The molecule has 0 aliphatic heterocycles. The maximum Gasteiger partial charge on any atom is 0.342 e. The maximum atomic E-state index is 13.1. The van der Waals surface area contributed by atoms with E-state index in [1.807, 2.05) is 45.9 Å². The zero-order valence-electron chi connectivity index (χ0n) is 15.2. The third-order valence-electron chi connectivity index (χ3n) is 3.62. The van der Waals surface area contributed by atoms with Gasteiger partial charge in [0, 0.05) is 7.11 Å². The zero-order chi connectivity index (χ0) is 18.5. The topological polar surface area (TPSA) is 84.9 Å². The van der Waals surface area contributed by atoms with Gasteiger partial charge in [-0.05, 0) is 29.9 Å². The van der Waals surface area contributed by atoms with Crippen molar-refractivity contribution in [3.63, 3.8) is 0 Å². The third-order valence-corrected chi connectivity index (χ3v) is 5.47. The third kappa shape index (κ3) is 5.33. The number of hydrogen-bond acceptors (Lipinski definition) is 4. The van der Waals surface area contributed by atoms with Gasteiger partial charge < -0.3 is 14.4 Å². The Morgan fingerprint density at radius 3 is 2.04 bits per heavy atom. The van der Waals surface area contributed by atoms with Crippen molar-refractivity contribution in [2.24, 2.45) is 0 Å². The summed E-state index contributed by atoms with van der Waals surface area (Å²) in [6, 6.07) is 4.80. The predicted molar refractivity (Wildman–Crippen MR) is 95.0 cm³/mol. The smallest absolute Gasteiger partial charge is 0.342 e. The van der Waals surface area contributed by atoms with E-state index in [1.165, 1.54) is 14.0 Å². The second-order valence-electron chi connectivity index (χ2n) is 6.45. The molecule has 0 aromatic heterocycles. The molecule has 7 heteroatoms. The van der Waals surface area contributed by atoms with E-state index >= 15 is 0 Å². The average Bonchev–Trinajstić information content (AvgIpc) is 2.46. The Hall–Kier alpha value is -1.36. The van der Waals surface area contributed by atoms with E-state index < -0.39 is 19.5 Å². The Morgan fingerprint density at radius 1 is 1.17 bits per heavy atom. The molecule has 0 saturated carbocycles. The van der Waals surface area contributed by atoms with Gasteiger partial charge in [-0.15, -0.1) is 0 Å². The van der Waals surface area contributed by atoms with Gasteiger partial charge in [-0.1, -0.05) is 45.9 Å². The lowest BCUT2D eigenvalue weighted by Gasteiger charge is -2.26. The molecule has 0 radical (unpaired) electrons. The standard InChI is InChI=1S/C17H28NO5P/c1-11(2)14-8-7-9-15(12(3)4)16(14)23-24(21,10-22-6)18-13(5)17(19)20/h7-9,11-13H,10H2,1-6H3,(H,18,21)(H,19,20). The molecule has 0 heterocycles. The highest BCUT2D eigenvalue weighted by molar-refractivity contribution is 7.57. The molecular weight excluding hydrogens is 329 g/mol. The molecule has 0 saturated heterocycles. The van der Waals surface area contributed by atoms with Crippen molar-refractivity contribution in [3.8, 4) is 5.75 Å². The van der Waals surface area contributed by atoms with Gasteiger partial charge in [0.15, 0.2) is 0 Å². The first-order valence-corrected chi connectivity index (χ1v) is 9.83. The van der Waals surface area contributed by atoms with Gasteiger partial charge in [-0.2, -0.15) is 0 Å². The molecule has 0 amide bonds. The first-order chi connectivity index (χ1) is 11.1. The Morgan fingerprint density at radius 2 is 1.67 bits per heavy atom. The van der Waals surface area contributed by atoms with Crippen LogP contribution in [0.4, 0.5) is 0 Å². The van der Waals surface area contributed by atoms with E-state index in [9.17, 15) is 9.36 Å². The Kier molecular flexibility index (Phi) is 7.46. The molecule has 6 nitrogen and oxygen atoms in total. The Balaban J connectivity index is 3.31. The summed E-state index contributed by atoms with van der Waals surface area (Å²) in [5.74, 6) is -0.206. The van der Waals surface area contributed by atoms with Crippen LogP contribution in [0.5, 0.6) is 5.75 Å². The first-order valence-electron chi connectivity index (χ1n) is 8.02. The van der Waals surface area contributed by atoms with E-state index in [2.05, 4.69) is 5.09 Å². The fourth-order valence-electron chi connectivity index (χ4n) is 2.35. The molecule has 1 aromatic rings. The van der Waals surface area contributed by atoms with Crippen molar-refractivity contribution >= 4 is 13.5 Å². The van der Waals surface area contributed by atoms with Gasteiger partial charge in [0.2, 0.25) is 0 Å². The highest BCUT2D eigenvalue weighted by atomic mass is 31.2. The van der Waals surface area contributed by atoms with Gasteiger partial charge in [0.05, 0.1) is 0 Å². The number of carboxylic acids is 1. The monoisotopic (exact) mass is 357 g/mol. The highest BCUT2D eigenvalue weighted by Gasteiger charge is 2.31. The zero-order valence-corrected chi connectivity index (χ0v) is 16.1. The van der Waals surface area contributed by atoms with Crippen LogP contribution in [-0.2, 0) is 14.1 Å². The number of hydrogen-bond donors (Lipinski definition) is 2. The first kappa shape index (κ1) is 20.7. The molecule has 136 valence electrons. The summed E-state index contributed by atoms with van der Waals surface area (Å²) in [5.41, 5.74) is 1.87. The second-order valence-corrected chi connectivity index (χ2v) is 8.49. The number of nitrogens with one attached hydrogen (secondary N) is 1. The molecule has 2 atom stereocenters. The molecule has 24 heavy (non-hydrogen) atoms. The van der Waals surface area contributed by atoms with Gasteiger partial charge >= 0.3 is 13.5 Å². The lowest BCUT2D eigenvalue weighted by Crippen LogP contribution is -2.34. The van der Waals surface area contributed by atoms with Crippen LogP contribution in [0, 0.1) is 0 Å². The average molecular weight is 357 g/mol. The Bertz CT molecular complexity index is 589. The van der Waals surface area contributed by atoms with E-state index in [1.54, 1.807) is 0 Å². The molecule has 1 aromatic carbocycles. The number of para-hydroxylation sites is 1. The number of aliphatic carboxylic acids is 1. The molecule has 0 aliphatic rings. The van der Waals surface area contributed by atoms with Crippen molar-refractivity contribution < 1.29 is 23.7 Å². The van der Waals surface area contributed by atoms with E-state index in [0.717, 1.165) is 11.1 Å². The van der Waals surface area contributed by atoms with Gasteiger partial charge in [0.25, 0.3) is 0 Å². The van der Waals surface area contributed by atoms with Crippen LogP contribution in [-0.4, -0.2) is 30.6 Å². The van der Waals surface area contributed by atoms with Crippen LogP contribution >= 0.6 is 7.52 Å². The summed E-state index contributed by atoms with van der Waals surface area (Å²) in [7, 11) is -2.13. The maximum absolute atomic E-state index is 13.1.